The maximum absolute atomic E-state index is 11.2. The van der Waals surface area contributed by atoms with E-state index in [1.807, 2.05) is 4.90 Å². The summed E-state index contributed by atoms with van der Waals surface area (Å²) in [5.41, 5.74) is 0.691. The smallest absolute Gasteiger partial charge is 0.296 e. The van der Waals surface area contributed by atoms with Crippen LogP contribution in [0.4, 0.5) is 11.4 Å². The number of piperazine rings is 1. The van der Waals surface area contributed by atoms with E-state index in [0.717, 1.165) is 13.1 Å². The third-order valence-electron chi connectivity index (χ3n) is 3.61. The quantitative estimate of drug-likeness (QED) is 0.647. The number of nitro groups is 1. The van der Waals surface area contributed by atoms with Crippen molar-refractivity contribution in [2.45, 2.75) is 13.0 Å². The summed E-state index contributed by atoms with van der Waals surface area (Å²) in [6, 6.07) is 4.93. The molecule has 1 aliphatic heterocycles. The van der Waals surface area contributed by atoms with E-state index in [-0.39, 0.29) is 16.7 Å². The summed E-state index contributed by atoms with van der Waals surface area (Å²) in [6.45, 7) is 5.39. The number of hydrogen-bond acceptors (Lipinski definition) is 6. The Morgan fingerprint density at radius 2 is 2.05 bits per heavy atom. The van der Waals surface area contributed by atoms with Crippen molar-refractivity contribution >= 4 is 11.4 Å². The van der Waals surface area contributed by atoms with Gasteiger partial charge in [0.1, 0.15) is 11.4 Å². The highest BCUT2D eigenvalue weighted by Crippen LogP contribution is 2.32. The van der Waals surface area contributed by atoms with Crippen LogP contribution in [0.15, 0.2) is 18.2 Å². The van der Waals surface area contributed by atoms with Gasteiger partial charge in [0.25, 0.3) is 5.69 Å². The third-order valence-corrected chi connectivity index (χ3v) is 3.61. The molecule has 2 rings (SSSR count). The van der Waals surface area contributed by atoms with Gasteiger partial charge in [-0.05, 0) is 19.1 Å². The maximum atomic E-state index is 11.2. The van der Waals surface area contributed by atoms with E-state index in [1.165, 1.54) is 13.2 Å². The van der Waals surface area contributed by atoms with Crippen molar-refractivity contribution in [2.75, 3.05) is 44.7 Å². The number of methoxy groups -OCH3 is 1. The van der Waals surface area contributed by atoms with Gasteiger partial charge in [0.2, 0.25) is 0 Å². The molecule has 1 aliphatic rings. The number of benzene rings is 1. The van der Waals surface area contributed by atoms with Gasteiger partial charge in [-0.25, -0.2) is 0 Å². The Morgan fingerprint density at radius 3 is 2.57 bits per heavy atom. The third kappa shape index (κ3) is 3.83. The van der Waals surface area contributed by atoms with Crippen molar-refractivity contribution in [3.8, 4) is 5.75 Å². The first kappa shape index (κ1) is 15.5. The fourth-order valence-electron chi connectivity index (χ4n) is 2.59. The van der Waals surface area contributed by atoms with E-state index in [0.29, 0.717) is 31.1 Å². The predicted octanol–water partition coefficient (Wildman–Crippen LogP) is 1.11. The zero-order valence-electron chi connectivity index (χ0n) is 12.4. The minimum absolute atomic E-state index is 0.0679. The van der Waals surface area contributed by atoms with Gasteiger partial charge in [-0.3, -0.25) is 15.0 Å². The van der Waals surface area contributed by atoms with Crippen LogP contribution in [0, 0.1) is 10.1 Å². The van der Waals surface area contributed by atoms with Crippen molar-refractivity contribution in [1.82, 2.24) is 4.90 Å². The molecule has 21 heavy (non-hydrogen) atoms. The summed E-state index contributed by atoms with van der Waals surface area (Å²) in [4.78, 5) is 15.0. The molecular weight excluding hydrogens is 274 g/mol. The number of ether oxygens (including phenoxy) is 1. The first-order valence-electron chi connectivity index (χ1n) is 6.99. The molecule has 0 aromatic heterocycles. The van der Waals surface area contributed by atoms with Crippen LogP contribution in [0.2, 0.25) is 0 Å². The summed E-state index contributed by atoms with van der Waals surface area (Å²) in [6.07, 6.45) is -0.355. The topological polar surface area (TPSA) is 79.1 Å². The second kappa shape index (κ2) is 6.73. The average Bonchev–Trinajstić information content (AvgIpc) is 2.47. The van der Waals surface area contributed by atoms with Crippen molar-refractivity contribution in [2.24, 2.45) is 0 Å². The number of nitro benzene ring substituents is 1. The second-order valence-corrected chi connectivity index (χ2v) is 5.25. The number of anilines is 1. The molecule has 7 nitrogen and oxygen atoms in total. The molecule has 0 bridgehead atoms. The highest BCUT2D eigenvalue weighted by atomic mass is 16.6. The van der Waals surface area contributed by atoms with Crippen molar-refractivity contribution in [3.63, 3.8) is 0 Å². The van der Waals surface area contributed by atoms with Crippen LogP contribution in [0.1, 0.15) is 6.92 Å². The van der Waals surface area contributed by atoms with E-state index in [1.54, 1.807) is 19.1 Å². The van der Waals surface area contributed by atoms with Gasteiger partial charge in [0.05, 0.1) is 24.2 Å². The first-order valence-corrected chi connectivity index (χ1v) is 6.99. The van der Waals surface area contributed by atoms with Crippen LogP contribution >= 0.6 is 0 Å². The van der Waals surface area contributed by atoms with E-state index >= 15 is 0 Å². The fourth-order valence-corrected chi connectivity index (χ4v) is 2.59. The van der Waals surface area contributed by atoms with E-state index in [9.17, 15) is 15.2 Å². The molecule has 1 saturated heterocycles. The van der Waals surface area contributed by atoms with Crippen LogP contribution < -0.4 is 9.64 Å². The van der Waals surface area contributed by atoms with Crippen molar-refractivity contribution in [1.29, 1.82) is 0 Å². The Morgan fingerprint density at radius 1 is 1.38 bits per heavy atom. The number of hydrogen-bond donors (Lipinski definition) is 1. The molecule has 0 spiro atoms. The first-order chi connectivity index (χ1) is 10.0. The zero-order valence-corrected chi connectivity index (χ0v) is 12.4. The van der Waals surface area contributed by atoms with Crippen LogP contribution in [0.5, 0.6) is 5.75 Å². The Balaban J connectivity index is 2.11. The van der Waals surface area contributed by atoms with Gasteiger partial charge in [-0.2, -0.15) is 0 Å². The standard InChI is InChI=1S/C14H21N3O4/c1-11(18)10-15-5-7-16(8-6-15)13-4-3-12(21-2)9-14(13)17(19)20/h3-4,9,11,18H,5-8,10H2,1-2H3. The summed E-state index contributed by atoms with van der Waals surface area (Å²) < 4.78 is 5.05. The number of β-amino-alcohol motifs (C(OH)–C–C–N with tert-alkyl or cyclic N) is 1. The Labute approximate surface area is 123 Å². The molecule has 1 N–H and O–H groups in total. The number of nitrogens with zero attached hydrogens (tertiary/aromatic N) is 3. The normalized spacial score (nSPS) is 17.6. The Hall–Kier alpha value is -1.86. The van der Waals surface area contributed by atoms with Gasteiger partial charge >= 0.3 is 0 Å². The Bertz CT molecular complexity index is 499. The zero-order chi connectivity index (χ0) is 15.4. The molecule has 0 saturated carbocycles. The summed E-state index contributed by atoms with van der Waals surface area (Å²) >= 11 is 0. The number of aliphatic hydroxyl groups is 1. The summed E-state index contributed by atoms with van der Waals surface area (Å²) in [5, 5.41) is 20.6. The van der Waals surface area contributed by atoms with E-state index in [2.05, 4.69) is 4.90 Å². The minimum atomic E-state index is -0.375. The lowest BCUT2D eigenvalue weighted by atomic mass is 10.2. The molecule has 1 unspecified atom stereocenters. The molecule has 1 atom stereocenters. The second-order valence-electron chi connectivity index (χ2n) is 5.25. The van der Waals surface area contributed by atoms with Crippen molar-refractivity contribution in [3.05, 3.63) is 28.3 Å². The van der Waals surface area contributed by atoms with Crippen molar-refractivity contribution < 1.29 is 14.8 Å². The lowest BCUT2D eigenvalue weighted by Crippen LogP contribution is -2.48. The van der Waals surface area contributed by atoms with Gasteiger partial charge in [0.15, 0.2) is 0 Å². The monoisotopic (exact) mass is 295 g/mol. The molecule has 0 radical (unpaired) electrons. The molecular formula is C14H21N3O4. The molecule has 1 aromatic carbocycles. The van der Waals surface area contributed by atoms with Crippen LogP contribution in [-0.4, -0.2) is 60.9 Å². The minimum Gasteiger partial charge on any atom is -0.496 e. The number of rotatable bonds is 5. The molecule has 1 aromatic rings. The molecule has 116 valence electrons. The molecule has 7 heteroatoms. The summed E-state index contributed by atoms with van der Waals surface area (Å²) in [7, 11) is 1.49. The number of aliphatic hydroxyl groups excluding tert-OH is 1. The molecule has 0 amide bonds. The van der Waals surface area contributed by atoms with Crippen LogP contribution in [0.25, 0.3) is 0 Å². The maximum Gasteiger partial charge on any atom is 0.296 e. The lowest BCUT2D eigenvalue weighted by Gasteiger charge is -2.36. The van der Waals surface area contributed by atoms with Gasteiger partial charge in [-0.15, -0.1) is 0 Å². The molecule has 1 heterocycles. The SMILES string of the molecule is COc1ccc(N2CCN(CC(C)O)CC2)c([N+](=O)[O-])c1. The van der Waals surface area contributed by atoms with E-state index in [4.69, 9.17) is 4.74 Å². The van der Waals surface area contributed by atoms with Crippen LogP contribution in [-0.2, 0) is 0 Å². The molecule has 1 fully saturated rings. The fraction of sp³-hybridized carbons (Fsp3) is 0.571. The molecule has 0 aliphatic carbocycles. The van der Waals surface area contributed by atoms with Crippen LogP contribution in [0.3, 0.4) is 0 Å². The highest BCUT2D eigenvalue weighted by Gasteiger charge is 2.24. The highest BCUT2D eigenvalue weighted by molar-refractivity contribution is 5.65. The lowest BCUT2D eigenvalue weighted by molar-refractivity contribution is -0.384. The van der Waals surface area contributed by atoms with Gasteiger partial charge in [0, 0.05) is 32.7 Å². The van der Waals surface area contributed by atoms with Gasteiger partial charge < -0.3 is 14.7 Å². The predicted molar refractivity (Wildman–Crippen MR) is 80.0 cm³/mol. The Kier molecular flexibility index (Phi) is 4.98. The summed E-state index contributed by atoms with van der Waals surface area (Å²) in [5.74, 6) is 0.484. The largest absolute Gasteiger partial charge is 0.496 e. The van der Waals surface area contributed by atoms with Gasteiger partial charge in [-0.1, -0.05) is 0 Å². The average molecular weight is 295 g/mol. The van der Waals surface area contributed by atoms with E-state index < -0.39 is 0 Å².